The number of nitrogens with two attached hydrogens (primary N) is 1. The van der Waals surface area contributed by atoms with Gasteiger partial charge in [-0.05, 0) is 37.7 Å². The molecule has 1 fully saturated rings. The minimum absolute atomic E-state index is 0.460. The third-order valence-electron chi connectivity index (χ3n) is 3.83. The molecule has 1 aliphatic rings. The van der Waals surface area contributed by atoms with E-state index in [2.05, 4.69) is 22.3 Å². The lowest BCUT2D eigenvalue weighted by Gasteiger charge is -2.18. The van der Waals surface area contributed by atoms with Crippen LogP contribution in [0.1, 0.15) is 37.0 Å². The summed E-state index contributed by atoms with van der Waals surface area (Å²) < 4.78 is 5.33. The molecule has 2 aromatic rings. The van der Waals surface area contributed by atoms with Gasteiger partial charge in [0.05, 0.1) is 5.54 Å². The van der Waals surface area contributed by atoms with E-state index in [0.29, 0.717) is 11.8 Å². The summed E-state index contributed by atoms with van der Waals surface area (Å²) in [5.41, 5.74) is 7.09. The number of aryl methyl sites for hydroxylation is 2. The van der Waals surface area contributed by atoms with Crippen molar-refractivity contribution in [2.24, 2.45) is 11.7 Å². The van der Waals surface area contributed by atoms with Gasteiger partial charge in [0, 0.05) is 6.42 Å². The lowest BCUT2D eigenvalue weighted by molar-refractivity contribution is 0.272. The van der Waals surface area contributed by atoms with Crippen molar-refractivity contribution in [3.8, 4) is 0 Å². The number of aromatic nitrogens is 2. The van der Waals surface area contributed by atoms with Crippen LogP contribution >= 0.6 is 0 Å². The van der Waals surface area contributed by atoms with Gasteiger partial charge in [-0.2, -0.15) is 4.98 Å². The standard InChI is InChI=1S/C15H19N3O/c1-15(16,12-8-9-12)14-17-13(18-19-14)10-7-11-5-3-2-4-6-11/h2-6,12H,7-10,16H2,1H3. The average molecular weight is 257 g/mol. The van der Waals surface area contributed by atoms with Crippen LogP contribution in [-0.2, 0) is 18.4 Å². The normalized spacial score (nSPS) is 18.2. The zero-order valence-electron chi connectivity index (χ0n) is 11.2. The number of hydrogen-bond acceptors (Lipinski definition) is 4. The van der Waals surface area contributed by atoms with Gasteiger partial charge in [-0.15, -0.1) is 0 Å². The molecule has 0 amide bonds. The minimum Gasteiger partial charge on any atom is -0.337 e. The van der Waals surface area contributed by atoms with E-state index < -0.39 is 5.54 Å². The summed E-state index contributed by atoms with van der Waals surface area (Å²) in [7, 11) is 0. The molecular weight excluding hydrogens is 238 g/mol. The van der Waals surface area contributed by atoms with E-state index in [1.54, 1.807) is 0 Å². The fourth-order valence-corrected chi connectivity index (χ4v) is 2.33. The van der Waals surface area contributed by atoms with Gasteiger partial charge >= 0.3 is 0 Å². The lowest BCUT2D eigenvalue weighted by atomic mass is 9.97. The van der Waals surface area contributed by atoms with E-state index in [-0.39, 0.29) is 0 Å². The average Bonchev–Trinajstić information content (AvgIpc) is 3.17. The first kappa shape index (κ1) is 12.4. The smallest absolute Gasteiger partial charge is 0.246 e. The molecular formula is C15H19N3O. The molecule has 100 valence electrons. The quantitative estimate of drug-likeness (QED) is 0.893. The van der Waals surface area contributed by atoms with Crippen LogP contribution in [0.3, 0.4) is 0 Å². The van der Waals surface area contributed by atoms with Gasteiger partial charge in [0.1, 0.15) is 0 Å². The molecule has 4 heteroatoms. The molecule has 3 rings (SSSR count). The second kappa shape index (κ2) is 4.78. The maximum absolute atomic E-state index is 6.27. The fraction of sp³-hybridized carbons (Fsp3) is 0.467. The van der Waals surface area contributed by atoms with Crippen molar-refractivity contribution in [3.63, 3.8) is 0 Å². The van der Waals surface area contributed by atoms with Crippen LogP contribution in [0, 0.1) is 5.92 Å². The zero-order chi connectivity index (χ0) is 13.3. The zero-order valence-corrected chi connectivity index (χ0v) is 11.2. The molecule has 0 radical (unpaired) electrons. The first-order chi connectivity index (χ1) is 9.16. The monoisotopic (exact) mass is 257 g/mol. The number of benzene rings is 1. The van der Waals surface area contributed by atoms with E-state index in [1.165, 1.54) is 5.56 Å². The van der Waals surface area contributed by atoms with Crippen LogP contribution in [0.5, 0.6) is 0 Å². The Bertz CT molecular complexity index is 544. The maximum atomic E-state index is 6.27. The molecule has 1 heterocycles. The van der Waals surface area contributed by atoms with E-state index in [4.69, 9.17) is 10.3 Å². The van der Waals surface area contributed by atoms with Crippen LogP contribution in [0.2, 0.25) is 0 Å². The van der Waals surface area contributed by atoms with Gasteiger partial charge in [-0.3, -0.25) is 0 Å². The Labute approximate surface area is 113 Å². The second-order valence-electron chi connectivity index (χ2n) is 5.56. The fourth-order valence-electron chi connectivity index (χ4n) is 2.33. The third-order valence-corrected chi connectivity index (χ3v) is 3.83. The van der Waals surface area contributed by atoms with Gasteiger partial charge in [-0.1, -0.05) is 35.5 Å². The van der Waals surface area contributed by atoms with E-state index in [1.807, 2.05) is 25.1 Å². The third kappa shape index (κ3) is 2.68. The summed E-state index contributed by atoms with van der Waals surface area (Å²) in [6, 6.07) is 10.3. The van der Waals surface area contributed by atoms with Crippen LogP contribution in [-0.4, -0.2) is 10.1 Å². The van der Waals surface area contributed by atoms with Gasteiger partial charge in [-0.25, -0.2) is 0 Å². The minimum atomic E-state index is -0.460. The summed E-state index contributed by atoms with van der Waals surface area (Å²) in [5.74, 6) is 1.82. The summed E-state index contributed by atoms with van der Waals surface area (Å²) in [5, 5.41) is 4.04. The first-order valence-corrected chi connectivity index (χ1v) is 6.82. The van der Waals surface area contributed by atoms with Crippen LogP contribution in [0.25, 0.3) is 0 Å². The van der Waals surface area contributed by atoms with Crippen molar-refractivity contribution in [3.05, 3.63) is 47.6 Å². The largest absolute Gasteiger partial charge is 0.337 e. The summed E-state index contributed by atoms with van der Waals surface area (Å²) >= 11 is 0. The summed E-state index contributed by atoms with van der Waals surface area (Å²) in [6.45, 7) is 1.99. The number of nitrogens with zero attached hydrogens (tertiary/aromatic N) is 2. The highest BCUT2D eigenvalue weighted by Crippen LogP contribution is 2.43. The Hall–Kier alpha value is -1.68. The number of hydrogen-bond donors (Lipinski definition) is 1. The summed E-state index contributed by atoms with van der Waals surface area (Å²) in [6.07, 6.45) is 4.03. The van der Waals surface area contributed by atoms with Gasteiger partial charge in [0.15, 0.2) is 5.82 Å². The van der Waals surface area contributed by atoms with Crippen LogP contribution in [0.15, 0.2) is 34.9 Å². The van der Waals surface area contributed by atoms with Crippen molar-refractivity contribution < 1.29 is 4.52 Å². The number of rotatable bonds is 5. The van der Waals surface area contributed by atoms with Gasteiger partial charge in [0.2, 0.25) is 5.89 Å². The molecule has 0 saturated heterocycles. The van der Waals surface area contributed by atoms with Gasteiger partial charge < -0.3 is 10.3 Å². The van der Waals surface area contributed by atoms with Crippen LogP contribution in [0.4, 0.5) is 0 Å². The van der Waals surface area contributed by atoms with Crippen molar-refractivity contribution in [1.29, 1.82) is 0 Å². The van der Waals surface area contributed by atoms with E-state index in [9.17, 15) is 0 Å². The molecule has 1 atom stereocenters. The highest BCUT2D eigenvalue weighted by atomic mass is 16.5. The van der Waals surface area contributed by atoms with E-state index >= 15 is 0 Å². The second-order valence-corrected chi connectivity index (χ2v) is 5.56. The Morgan fingerprint density at radius 1 is 1.26 bits per heavy atom. The molecule has 19 heavy (non-hydrogen) atoms. The molecule has 1 aromatic heterocycles. The molecule has 4 nitrogen and oxygen atoms in total. The molecule has 1 aliphatic carbocycles. The Morgan fingerprint density at radius 2 is 2.00 bits per heavy atom. The molecule has 1 unspecified atom stereocenters. The molecule has 0 spiro atoms. The SMILES string of the molecule is CC(N)(c1nc(CCc2ccccc2)no1)C1CC1. The molecule has 2 N–H and O–H groups in total. The Balaban J connectivity index is 1.65. The molecule has 1 aromatic carbocycles. The first-order valence-electron chi connectivity index (χ1n) is 6.82. The topological polar surface area (TPSA) is 64.9 Å². The molecule has 0 bridgehead atoms. The predicted molar refractivity (Wildman–Crippen MR) is 72.4 cm³/mol. The molecule has 0 aliphatic heterocycles. The van der Waals surface area contributed by atoms with Crippen molar-refractivity contribution in [1.82, 2.24) is 10.1 Å². The van der Waals surface area contributed by atoms with Crippen molar-refractivity contribution in [2.75, 3.05) is 0 Å². The van der Waals surface area contributed by atoms with E-state index in [0.717, 1.165) is 31.5 Å². The Kier molecular flexibility index (Phi) is 3.11. The maximum Gasteiger partial charge on any atom is 0.246 e. The highest BCUT2D eigenvalue weighted by molar-refractivity contribution is 5.15. The summed E-state index contributed by atoms with van der Waals surface area (Å²) in [4.78, 5) is 4.46. The Morgan fingerprint density at radius 3 is 2.68 bits per heavy atom. The van der Waals surface area contributed by atoms with Crippen LogP contribution < -0.4 is 5.73 Å². The van der Waals surface area contributed by atoms with Crippen molar-refractivity contribution >= 4 is 0 Å². The lowest BCUT2D eigenvalue weighted by Crippen LogP contribution is -2.35. The highest BCUT2D eigenvalue weighted by Gasteiger charge is 2.43. The molecule has 1 saturated carbocycles. The predicted octanol–water partition coefficient (Wildman–Crippen LogP) is 2.44. The van der Waals surface area contributed by atoms with Crippen molar-refractivity contribution in [2.45, 2.75) is 38.1 Å². The van der Waals surface area contributed by atoms with Gasteiger partial charge in [0.25, 0.3) is 0 Å².